The number of hydrogen-bond acceptors (Lipinski definition) is 4. The van der Waals surface area contributed by atoms with Crippen molar-refractivity contribution in [1.29, 1.82) is 0 Å². The van der Waals surface area contributed by atoms with Crippen molar-refractivity contribution in [2.24, 2.45) is 0 Å². The number of thiophene rings is 1. The van der Waals surface area contributed by atoms with Gasteiger partial charge in [-0.05, 0) is 31.5 Å². The zero-order chi connectivity index (χ0) is 14.9. The summed E-state index contributed by atoms with van der Waals surface area (Å²) >= 11 is 1.18. The van der Waals surface area contributed by atoms with Gasteiger partial charge in [-0.2, -0.15) is 0 Å². The molecule has 2 rings (SSSR count). The molecule has 20 heavy (non-hydrogen) atoms. The van der Waals surface area contributed by atoms with E-state index in [1.165, 1.54) is 17.4 Å². The molecule has 0 aliphatic rings. The fraction of sp³-hybridized carbons (Fsp3) is 0.154. The summed E-state index contributed by atoms with van der Waals surface area (Å²) in [7, 11) is 0. The third-order valence-electron chi connectivity index (χ3n) is 2.79. The summed E-state index contributed by atoms with van der Waals surface area (Å²) in [5, 5.41) is 11.9. The maximum atomic E-state index is 12.7. The molecule has 0 aliphatic heterocycles. The van der Waals surface area contributed by atoms with E-state index in [9.17, 15) is 14.0 Å². The lowest BCUT2D eigenvalue weighted by Gasteiger charge is -2.04. The highest BCUT2D eigenvalue weighted by Gasteiger charge is 2.21. The average molecular weight is 294 g/mol. The van der Waals surface area contributed by atoms with E-state index < -0.39 is 17.7 Å². The van der Waals surface area contributed by atoms with Crippen LogP contribution in [0.2, 0.25) is 0 Å². The number of rotatable bonds is 3. The van der Waals surface area contributed by atoms with Crippen molar-refractivity contribution < 1.29 is 19.1 Å². The van der Waals surface area contributed by atoms with Gasteiger partial charge in [-0.25, -0.2) is 14.2 Å². The van der Waals surface area contributed by atoms with Crippen molar-refractivity contribution in [1.82, 2.24) is 4.98 Å². The van der Waals surface area contributed by atoms with Gasteiger partial charge in [0.1, 0.15) is 16.5 Å². The molecule has 104 valence electrons. The van der Waals surface area contributed by atoms with E-state index in [4.69, 9.17) is 5.11 Å². The summed E-state index contributed by atoms with van der Waals surface area (Å²) in [6.07, 6.45) is 0.929. The number of carbonyl (C=O) groups is 2. The number of nitrogens with zero attached hydrogens (tertiary/aromatic N) is 1. The van der Waals surface area contributed by atoms with Crippen molar-refractivity contribution in [2.75, 3.05) is 5.32 Å². The molecule has 0 aromatic carbocycles. The van der Waals surface area contributed by atoms with E-state index >= 15 is 0 Å². The molecule has 0 aliphatic carbocycles. The fourth-order valence-corrected chi connectivity index (χ4v) is 2.70. The normalized spacial score (nSPS) is 10.3. The molecule has 0 unspecified atom stereocenters. The lowest BCUT2D eigenvalue weighted by atomic mass is 10.1. The first-order valence-electron chi connectivity index (χ1n) is 5.66. The first-order chi connectivity index (χ1) is 9.40. The van der Waals surface area contributed by atoms with Gasteiger partial charge >= 0.3 is 5.97 Å². The topological polar surface area (TPSA) is 79.3 Å². The Morgan fingerprint density at radius 1 is 1.35 bits per heavy atom. The third kappa shape index (κ3) is 2.67. The average Bonchev–Trinajstić information content (AvgIpc) is 2.65. The minimum Gasteiger partial charge on any atom is -0.478 e. The largest absolute Gasteiger partial charge is 0.478 e. The molecule has 2 aromatic rings. The minimum absolute atomic E-state index is 0.0199. The molecule has 0 fully saturated rings. The van der Waals surface area contributed by atoms with Crippen LogP contribution >= 0.6 is 11.3 Å². The highest BCUT2D eigenvalue weighted by molar-refractivity contribution is 7.16. The number of nitrogens with one attached hydrogen (secondary N) is 1. The van der Waals surface area contributed by atoms with Crippen LogP contribution in [0.25, 0.3) is 0 Å². The van der Waals surface area contributed by atoms with Gasteiger partial charge in [0.25, 0.3) is 5.91 Å². The molecule has 2 heterocycles. The summed E-state index contributed by atoms with van der Waals surface area (Å²) in [4.78, 5) is 27.6. The van der Waals surface area contributed by atoms with Gasteiger partial charge in [0, 0.05) is 4.88 Å². The van der Waals surface area contributed by atoms with Gasteiger partial charge < -0.3 is 10.4 Å². The van der Waals surface area contributed by atoms with Crippen LogP contribution in [0, 0.1) is 19.7 Å². The van der Waals surface area contributed by atoms with Crippen molar-refractivity contribution >= 4 is 28.2 Å². The van der Waals surface area contributed by atoms with E-state index in [2.05, 4.69) is 10.3 Å². The maximum Gasteiger partial charge on any atom is 0.338 e. The molecule has 7 heteroatoms. The predicted octanol–water partition coefficient (Wildman–Crippen LogP) is 2.85. The second kappa shape index (κ2) is 5.38. The zero-order valence-corrected chi connectivity index (χ0v) is 11.5. The second-order valence-corrected chi connectivity index (χ2v) is 5.33. The van der Waals surface area contributed by atoms with Gasteiger partial charge in [-0.15, -0.1) is 11.3 Å². The van der Waals surface area contributed by atoms with E-state index in [1.807, 2.05) is 0 Å². The Morgan fingerprint density at radius 3 is 2.60 bits per heavy atom. The molecule has 0 atom stereocenters. The Kier molecular flexibility index (Phi) is 3.80. The van der Waals surface area contributed by atoms with Crippen LogP contribution in [-0.2, 0) is 0 Å². The molecule has 0 radical (unpaired) electrons. The van der Waals surface area contributed by atoms with Crippen molar-refractivity contribution in [3.05, 3.63) is 45.8 Å². The van der Waals surface area contributed by atoms with Crippen LogP contribution in [0.4, 0.5) is 9.39 Å². The van der Waals surface area contributed by atoms with Crippen LogP contribution in [0.1, 0.15) is 31.3 Å². The molecular weight excluding hydrogens is 283 g/mol. The summed E-state index contributed by atoms with van der Waals surface area (Å²) in [5.74, 6) is -2.22. The Balaban J connectivity index is 2.30. The Labute approximate surface area is 118 Å². The van der Waals surface area contributed by atoms with Crippen LogP contribution in [0.5, 0.6) is 0 Å². The number of carbonyl (C=O) groups excluding carboxylic acids is 1. The molecule has 0 saturated carbocycles. The SMILES string of the molecule is Cc1sc(NC(=O)c2ccc(F)cn2)c(C(=O)O)c1C. The molecule has 0 bridgehead atoms. The number of halogens is 1. The number of aromatic nitrogens is 1. The van der Waals surface area contributed by atoms with E-state index in [-0.39, 0.29) is 16.3 Å². The van der Waals surface area contributed by atoms with Crippen molar-refractivity contribution in [2.45, 2.75) is 13.8 Å². The third-order valence-corrected chi connectivity index (χ3v) is 3.91. The van der Waals surface area contributed by atoms with Crippen LogP contribution in [-0.4, -0.2) is 22.0 Å². The number of aryl methyl sites for hydroxylation is 1. The summed E-state index contributed by atoms with van der Waals surface area (Å²) < 4.78 is 12.7. The van der Waals surface area contributed by atoms with Crippen LogP contribution < -0.4 is 5.32 Å². The van der Waals surface area contributed by atoms with Crippen LogP contribution in [0.3, 0.4) is 0 Å². The molecule has 0 saturated heterocycles. The van der Waals surface area contributed by atoms with E-state index in [0.717, 1.165) is 17.1 Å². The highest BCUT2D eigenvalue weighted by atomic mass is 32.1. The number of aromatic carboxylic acids is 1. The minimum atomic E-state index is -1.10. The predicted molar refractivity (Wildman–Crippen MR) is 72.9 cm³/mol. The fourth-order valence-electron chi connectivity index (χ4n) is 1.65. The molecule has 1 amide bonds. The second-order valence-electron chi connectivity index (χ2n) is 4.11. The van der Waals surface area contributed by atoms with Gasteiger partial charge in [-0.3, -0.25) is 4.79 Å². The molecule has 5 nitrogen and oxygen atoms in total. The number of carboxylic acids is 1. The number of hydrogen-bond donors (Lipinski definition) is 2. The molecular formula is C13H11FN2O3S. The van der Waals surface area contributed by atoms with E-state index in [0.29, 0.717) is 5.56 Å². The Bertz CT molecular complexity index is 680. The monoisotopic (exact) mass is 294 g/mol. The van der Waals surface area contributed by atoms with Crippen molar-refractivity contribution in [3.63, 3.8) is 0 Å². The van der Waals surface area contributed by atoms with Gasteiger partial charge in [0.2, 0.25) is 0 Å². The quantitative estimate of drug-likeness (QED) is 0.912. The van der Waals surface area contributed by atoms with Gasteiger partial charge in [0.05, 0.1) is 11.8 Å². The lowest BCUT2D eigenvalue weighted by molar-refractivity contribution is 0.0697. The molecule has 0 spiro atoms. The Hall–Kier alpha value is -2.28. The highest BCUT2D eigenvalue weighted by Crippen LogP contribution is 2.32. The number of pyridine rings is 1. The number of amides is 1. The molecule has 2 N–H and O–H groups in total. The lowest BCUT2D eigenvalue weighted by Crippen LogP contribution is -2.15. The molecule has 2 aromatic heterocycles. The first kappa shape index (κ1) is 14.1. The Morgan fingerprint density at radius 2 is 2.05 bits per heavy atom. The van der Waals surface area contributed by atoms with Gasteiger partial charge in [-0.1, -0.05) is 0 Å². The summed E-state index contributed by atoms with van der Waals surface area (Å²) in [5.41, 5.74) is 0.708. The number of carboxylic acid groups (broad SMARTS) is 1. The standard InChI is InChI=1S/C13H11FN2O3S/c1-6-7(2)20-12(10(6)13(18)19)16-11(17)9-4-3-8(14)5-15-9/h3-5H,1-2H3,(H,16,17)(H,18,19). The smallest absolute Gasteiger partial charge is 0.338 e. The maximum absolute atomic E-state index is 12.7. The van der Waals surface area contributed by atoms with Crippen LogP contribution in [0.15, 0.2) is 18.3 Å². The summed E-state index contributed by atoms with van der Waals surface area (Å²) in [6.45, 7) is 3.46. The first-order valence-corrected chi connectivity index (χ1v) is 6.48. The number of anilines is 1. The van der Waals surface area contributed by atoms with Crippen molar-refractivity contribution in [3.8, 4) is 0 Å². The van der Waals surface area contributed by atoms with E-state index in [1.54, 1.807) is 13.8 Å². The summed E-state index contributed by atoms with van der Waals surface area (Å²) in [6, 6.07) is 2.35. The van der Waals surface area contributed by atoms with Gasteiger partial charge in [0.15, 0.2) is 0 Å². The zero-order valence-electron chi connectivity index (χ0n) is 10.7.